The maximum Gasteiger partial charge on any atom is 0.490 e. The number of alkyl halides is 3. The smallest absolute Gasteiger partial charge is 0.475 e. The van der Waals surface area contributed by atoms with Crippen LogP contribution in [0, 0.1) is 5.41 Å². The van der Waals surface area contributed by atoms with Crippen LogP contribution >= 0.6 is 0 Å². The Labute approximate surface area is 211 Å². The van der Waals surface area contributed by atoms with Crippen molar-refractivity contribution in [3.05, 3.63) is 35.4 Å². The topological polar surface area (TPSA) is 119 Å². The Morgan fingerprint density at radius 3 is 2.46 bits per heavy atom. The zero-order valence-electron chi connectivity index (χ0n) is 20.7. The molecule has 2 aromatic rings. The van der Waals surface area contributed by atoms with E-state index in [1.807, 2.05) is 19.9 Å². The number of halogens is 3. The van der Waals surface area contributed by atoms with Gasteiger partial charge in [0, 0.05) is 25.6 Å². The molecular formula is C24H30F3N5O5. The Morgan fingerprint density at radius 2 is 1.81 bits per heavy atom. The van der Waals surface area contributed by atoms with Crippen molar-refractivity contribution in [2.75, 3.05) is 19.9 Å². The van der Waals surface area contributed by atoms with Crippen molar-refractivity contribution < 1.29 is 37.3 Å². The number of benzene rings is 1. The number of nitrogens with one attached hydrogen (secondary N) is 1. The number of hydrogen-bond donors (Lipinski definition) is 2. The highest BCUT2D eigenvalue weighted by Gasteiger charge is 2.40. The zero-order chi connectivity index (χ0) is 26.8. The summed E-state index contributed by atoms with van der Waals surface area (Å²) < 4.78 is 44.7. The van der Waals surface area contributed by atoms with Gasteiger partial charge in [0.1, 0.15) is 5.82 Å². The molecule has 37 heavy (non-hydrogen) atoms. The fourth-order valence-electron chi connectivity index (χ4n) is 4.86. The zero-order valence-corrected chi connectivity index (χ0v) is 20.7. The molecule has 1 spiro atoms. The largest absolute Gasteiger partial charge is 0.490 e. The van der Waals surface area contributed by atoms with Crippen molar-refractivity contribution in [1.82, 2.24) is 25.0 Å². The first-order valence-electron chi connectivity index (χ1n) is 12.1. The van der Waals surface area contributed by atoms with E-state index >= 15 is 0 Å². The predicted octanol–water partition coefficient (Wildman–Crippen LogP) is 3.01. The number of piperidine rings is 1. The molecule has 0 atom stereocenters. The molecule has 202 valence electrons. The van der Waals surface area contributed by atoms with Crippen molar-refractivity contribution in [1.29, 1.82) is 0 Å². The second kappa shape index (κ2) is 10.6. The molecule has 1 fully saturated rings. The molecule has 0 saturated carbocycles. The van der Waals surface area contributed by atoms with Crippen molar-refractivity contribution in [2.24, 2.45) is 5.41 Å². The van der Waals surface area contributed by atoms with Crippen molar-refractivity contribution >= 4 is 11.9 Å². The lowest BCUT2D eigenvalue weighted by atomic mass is 9.73. The van der Waals surface area contributed by atoms with Crippen molar-refractivity contribution in [3.8, 4) is 11.5 Å². The molecule has 1 saturated heterocycles. The van der Waals surface area contributed by atoms with Crippen LogP contribution in [0.3, 0.4) is 0 Å². The summed E-state index contributed by atoms with van der Waals surface area (Å²) in [5.74, 6) is 0.202. The van der Waals surface area contributed by atoms with E-state index in [4.69, 9.17) is 19.4 Å². The van der Waals surface area contributed by atoms with E-state index in [-0.39, 0.29) is 17.4 Å². The second-order valence-corrected chi connectivity index (χ2v) is 9.92. The lowest BCUT2D eigenvalue weighted by Gasteiger charge is -2.44. The lowest BCUT2D eigenvalue weighted by molar-refractivity contribution is -0.192. The molecule has 0 radical (unpaired) electrons. The number of carbonyl (C=O) groups is 2. The number of carbonyl (C=O) groups excluding carboxylic acids is 1. The van der Waals surface area contributed by atoms with E-state index in [1.54, 1.807) is 0 Å². The number of amides is 1. The van der Waals surface area contributed by atoms with Gasteiger partial charge in [-0.25, -0.2) is 4.79 Å². The van der Waals surface area contributed by atoms with Crippen LogP contribution in [-0.2, 0) is 24.3 Å². The number of carboxylic acid groups (broad SMARTS) is 1. The summed E-state index contributed by atoms with van der Waals surface area (Å²) in [5.41, 5.74) is 1.49. The van der Waals surface area contributed by atoms with Gasteiger partial charge < -0.3 is 24.5 Å². The minimum atomic E-state index is -5.08. The summed E-state index contributed by atoms with van der Waals surface area (Å²) in [6.07, 6.45) is -0.820. The van der Waals surface area contributed by atoms with Crippen LogP contribution in [0.15, 0.2) is 18.2 Å². The van der Waals surface area contributed by atoms with Crippen LogP contribution < -0.4 is 14.8 Å². The van der Waals surface area contributed by atoms with E-state index < -0.39 is 12.1 Å². The van der Waals surface area contributed by atoms with Gasteiger partial charge in [-0.3, -0.25) is 9.69 Å². The minimum absolute atomic E-state index is 0.0856. The fourth-order valence-corrected chi connectivity index (χ4v) is 4.86. The van der Waals surface area contributed by atoms with Crippen LogP contribution in [-0.4, -0.2) is 68.7 Å². The molecule has 0 bridgehead atoms. The number of nitrogens with zero attached hydrogens (tertiary/aromatic N) is 4. The van der Waals surface area contributed by atoms with Crippen LogP contribution in [0.1, 0.15) is 55.1 Å². The maximum absolute atomic E-state index is 12.5. The van der Waals surface area contributed by atoms with Gasteiger partial charge in [0.15, 0.2) is 11.5 Å². The molecule has 5 rings (SSSR count). The quantitative estimate of drug-likeness (QED) is 0.626. The van der Waals surface area contributed by atoms with Gasteiger partial charge in [0.05, 0.1) is 0 Å². The molecule has 13 heteroatoms. The summed E-state index contributed by atoms with van der Waals surface area (Å²) in [4.78, 5) is 23.9. The van der Waals surface area contributed by atoms with Gasteiger partial charge in [-0.2, -0.15) is 13.2 Å². The number of rotatable bonds is 4. The van der Waals surface area contributed by atoms with Gasteiger partial charge in [-0.05, 0) is 69.3 Å². The van der Waals surface area contributed by atoms with Gasteiger partial charge in [0.25, 0.3) is 5.91 Å². The fraction of sp³-hybridized carbons (Fsp3) is 0.583. The van der Waals surface area contributed by atoms with Crippen molar-refractivity contribution in [3.63, 3.8) is 0 Å². The van der Waals surface area contributed by atoms with Gasteiger partial charge in [-0.15, -0.1) is 10.2 Å². The van der Waals surface area contributed by atoms with Crippen LogP contribution in [0.5, 0.6) is 11.5 Å². The number of aryl methyl sites for hydroxylation is 1. The Kier molecular flexibility index (Phi) is 7.62. The Balaban J connectivity index is 0.000000405. The maximum atomic E-state index is 12.5. The first-order chi connectivity index (χ1) is 17.5. The van der Waals surface area contributed by atoms with Gasteiger partial charge in [-0.1, -0.05) is 6.07 Å². The third-order valence-electron chi connectivity index (χ3n) is 6.83. The Bertz CT molecular complexity index is 1140. The van der Waals surface area contributed by atoms with E-state index in [1.165, 1.54) is 5.56 Å². The van der Waals surface area contributed by atoms with Crippen LogP contribution in [0.25, 0.3) is 0 Å². The number of aromatic nitrogens is 3. The summed E-state index contributed by atoms with van der Waals surface area (Å²) >= 11 is 0. The third-order valence-corrected chi connectivity index (χ3v) is 6.83. The normalized spacial score (nSPS) is 18.2. The van der Waals surface area contributed by atoms with E-state index in [9.17, 15) is 18.0 Å². The predicted molar refractivity (Wildman–Crippen MR) is 124 cm³/mol. The number of carboxylic acids is 1. The van der Waals surface area contributed by atoms with E-state index in [0.717, 1.165) is 69.2 Å². The van der Waals surface area contributed by atoms with E-state index in [2.05, 4.69) is 37.1 Å². The highest BCUT2D eigenvalue weighted by atomic mass is 19.4. The number of hydrogen-bond acceptors (Lipinski definition) is 7. The molecule has 2 N–H and O–H groups in total. The van der Waals surface area contributed by atoms with Gasteiger partial charge in [0.2, 0.25) is 12.6 Å². The number of fused-ring (bicyclic) bond motifs is 2. The molecule has 0 unspecified atom stereocenters. The number of likely N-dealkylation sites (tertiary alicyclic amines) is 1. The standard InChI is InChI=1S/C22H29N5O3.C2HF3O2/c1-15(2)23-21(28)20-25-24-19-5-6-22(13-27(19)20)7-9-26(10-8-22)12-16-3-4-17-18(11-16)30-14-29-17;3-2(4,5)1(6)7/h3-4,11,15H,5-10,12-14H2,1-2H3,(H,23,28);(H,6,7). The molecule has 1 aromatic heterocycles. The molecule has 1 amide bonds. The summed E-state index contributed by atoms with van der Waals surface area (Å²) in [6, 6.07) is 6.31. The highest BCUT2D eigenvalue weighted by molar-refractivity contribution is 5.90. The lowest BCUT2D eigenvalue weighted by Crippen LogP contribution is -2.45. The van der Waals surface area contributed by atoms with Gasteiger partial charge >= 0.3 is 12.1 Å². The van der Waals surface area contributed by atoms with Crippen LogP contribution in [0.4, 0.5) is 13.2 Å². The summed E-state index contributed by atoms with van der Waals surface area (Å²) in [5, 5.41) is 18.6. The third kappa shape index (κ3) is 6.32. The summed E-state index contributed by atoms with van der Waals surface area (Å²) in [7, 11) is 0. The molecule has 0 aliphatic carbocycles. The highest BCUT2D eigenvalue weighted by Crippen LogP contribution is 2.41. The molecule has 10 nitrogen and oxygen atoms in total. The number of ether oxygens (including phenoxy) is 2. The van der Waals surface area contributed by atoms with Crippen molar-refractivity contribution in [2.45, 2.75) is 64.8 Å². The molecule has 3 aliphatic rings. The minimum Gasteiger partial charge on any atom is -0.475 e. The summed E-state index contributed by atoms with van der Waals surface area (Å²) in [6.45, 7) is 8.11. The average molecular weight is 526 g/mol. The molecule has 4 heterocycles. The number of aliphatic carboxylic acids is 1. The Morgan fingerprint density at radius 1 is 1.14 bits per heavy atom. The molecule has 3 aliphatic heterocycles. The molecule has 1 aromatic carbocycles. The second-order valence-electron chi connectivity index (χ2n) is 9.92. The monoisotopic (exact) mass is 525 g/mol. The average Bonchev–Trinajstić information content (AvgIpc) is 3.46. The van der Waals surface area contributed by atoms with Crippen LogP contribution in [0.2, 0.25) is 0 Å². The first-order valence-corrected chi connectivity index (χ1v) is 12.1. The molecular weight excluding hydrogens is 495 g/mol. The Hall–Kier alpha value is -3.35. The van der Waals surface area contributed by atoms with E-state index in [0.29, 0.717) is 12.6 Å². The first kappa shape index (κ1) is 26.7. The SMILES string of the molecule is CC(C)NC(=O)c1nnc2n1CC1(CC2)CCN(Cc2ccc3c(c2)OCO3)CC1.O=C(O)C(F)(F)F.